The van der Waals surface area contributed by atoms with Gasteiger partial charge in [0, 0.05) is 56.2 Å². The predicted octanol–water partition coefficient (Wildman–Crippen LogP) is 5.36. The van der Waals surface area contributed by atoms with Crippen LogP contribution in [0, 0.1) is 23.1 Å². The Labute approximate surface area is 283 Å². The SMILES string of the molecule is CC(/C=C(\C#N)C(=O)N1CCC[C@@H](n2nc(-c3ccc(Oc4ccccc4)cc3F)c3c(N)ncnc32)C1)C(C)N1CCn2ccnc2C1. The van der Waals surface area contributed by atoms with Gasteiger partial charge in [-0.05, 0) is 49.9 Å². The third-order valence-corrected chi connectivity index (χ3v) is 9.61. The van der Waals surface area contributed by atoms with Crippen LogP contribution >= 0.6 is 0 Å². The van der Waals surface area contributed by atoms with E-state index in [0.29, 0.717) is 54.2 Å². The van der Waals surface area contributed by atoms with Gasteiger partial charge in [0.25, 0.3) is 5.91 Å². The highest BCUT2D eigenvalue weighted by Gasteiger charge is 2.32. The zero-order valence-corrected chi connectivity index (χ0v) is 27.4. The number of imidazole rings is 1. The number of halogens is 1. The number of carbonyl (C=O) groups excluding carboxylic acids is 1. The number of fused-ring (bicyclic) bond motifs is 2. The van der Waals surface area contributed by atoms with Crippen LogP contribution in [0.25, 0.3) is 22.3 Å². The topological polar surface area (TPSA) is 144 Å². The number of nitriles is 1. The van der Waals surface area contributed by atoms with Crippen molar-refractivity contribution in [2.45, 2.75) is 51.9 Å². The van der Waals surface area contributed by atoms with Crippen molar-refractivity contribution in [3.05, 3.63) is 90.5 Å². The van der Waals surface area contributed by atoms with Crippen LogP contribution in [0.5, 0.6) is 11.5 Å². The molecule has 5 heterocycles. The number of hydrogen-bond acceptors (Lipinski definition) is 9. The maximum absolute atomic E-state index is 15.7. The van der Waals surface area contributed by atoms with Gasteiger partial charge in [0.15, 0.2) is 5.65 Å². The Bertz CT molecular complexity index is 2070. The van der Waals surface area contributed by atoms with Gasteiger partial charge in [0.05, 0.1) is 18.0 Å². The highest BCUT2D eigenvalue weighted by Crippen LogP contribution is 2.36. The van der Waals surface area contributed by atoms with E-state index in [2.05, 4.69) is 37.4 Å². The van der Waals surface area contributed by atoms with Gasteiger partial charge in [0.2, 0.25) is 0 Å². The number of anilines is 1. The molecule has 49 heavy (non-hydrogen) atoms. The van der Waals surface area contributed by atoms with Crippen LogP contribution in [-0.4, -0.2) is 70.7 Å². The molecule has 3 atom stereocenters. The average molecular weight is 661 g/mol. The molecule has 7 rings (SSSR count). The minimum Gasteiger partial charge on any atom is -0.457 e. The number of piperidine rings is 1. The molecule has 3 aromatic heterocycles. The first-order valence-electron chi connectivity index (χ1n) is 16.5. The largest absolute Gasteiger partial charge is 0.457 e. The van der Waals surface area contributed by atoms with Gasteiger partial charge < -0.3 is 19.9 Å². The van der Waals surface area contributed by atoms with Gasteiger partial charge in [-0.15, -0.1) is 0 Å². The number of carbonyl (C=O) groups is 1. The normalized spacial score (nSPS) is 18.1. The summed E-state index contributed by atoms with van der Waals surface area (Å²) in [5.74, 6) is 1.23. The summed E-state index contributed by atoms with van der Waals surface area (Å²) in [6.07, 6.45) is 8.36. The Morgan fingerprint density at radius 2 is 1.94 bits per heavy atom. The first-order chi connectivity index (χ1) is 23.8. The molecule has 1 amide bonds. The van der Waals surface area contributed by atoms with E-state index in [4.69, 9.17) is 15.6 Å². The Morgan fingerprint density at radius 3 is 2.73 bits per heavy atom. The van der Waals surface area contributed by atoms with E-state index < -0.39 is 5.82 Å². The Balaban J connectivity index is 1.11. The zero-order valence-electron chi connectivity index (χ0n) is 27.4. The molecule has 2 N–H and O–H groups in total. The van der Waals surface area contributed by atoms with E-state index in [9.17, 15) is 10.1 Å². The lowest BCUT2D eigenvalue weighted by atomic mass is 9.97. The van der Waals surface area contributed by atoms with Gasteiger partial charge >= 0.3 is 0 Å². The number of ether oxygens (including phenoxy) is 1. The molecule has 0 aliphatic carbocycles. The van der Waals surface area contributed by atoms with Crippen molar-refractivity contribution in [3.8, 4) is 28.8 Å². The number of amides is 1. The lowest BCUT2D eigenvalue weighted by Crippen LogP contribution is -2.43. The van der Waals surface area contributed by atoms with Crippen LogP contribution < -0.4 is 10.5 Å². The maximum Gasteiger partial charge on any atom is 0.264 e. The van der Waals surface area contributed by atoms with Gasteiger partial charge in [-0.3, -0.25) is 9.69 Å². The summed E-state index contributed by atoms with van der Waals surface area (Å²) in [7, 11) is 0. The number of hydrogen-bond donors (Lipinski definition) is 1. The molecule has 2 aliphatic rings. The fourth-order valence-corrected chi connectivity index (χ4v) is 6.75. The third-order valence-electron chi connectivity index (χ3n) is 9.61. The number of nitrogen functional groups attached to an aromatic ring is 1. The lowest BCUT2D eigenvalue weighted by molar-refractivity contribution is -0.128. The van der Waals surface area contributed by atoms with E-state index in [1.165, 1.54) is 12.4 Å². The Hall–Kier alpha value is -5.61. The van der Waals surface area contributed by atoms with Crippen LogP contribution in [-0.2, 0) is 17.9 Å². The van der Waals surface area contributed by atoms with E-state index in [0.717, 1.165) is 25.5 Å². The van der Waals surface area contributed by atoms with Crippen molar-refractivity contribution in [2.75, 3.05) is 25.4 Å². The molecule has 0 radical (unpaired) electrons. The Morgan fingerprint density at radius 1 is 1.10 bits per heavy atom. The van der Waals surface area contributed by atoms with Gasteiger partial charge in [-0.1, -0.05) is 31.2 Å². The van der Waals surface area contributed by atoms with E-state index >= 15 is 4.39 Å². The molecule has 5 aromatic rings. The number of nitrogens with zero attached hydrogens (tertiary/aromatic N) is 9. The van der Waals surface area contributed by atoms with Crippen molar-refractivity contribution >= 4 is 22.8 Å². The molecule has 0 bridgehead atoms. The van der Waals surface area contributed by atoms with Gasteiger partial charge in [0.1, 0.15) is 52.6 Å². The summed E-state index contributed by atoms with van der Waals surface area (Å²) >= 11 is 0. The fourth-order valence-electron chi connectivity index (χ4n) is 6.75. The van der Waals surface area contributed by atoms with E-state index in [1.54, 1.807) is 39.9 Å². The lowest BCUT2D eigenvalue weighted by Gasteiger charge is -2.35. The Kier molecular flexibility index (Phi) is 8.79. The van der Waals surface area contributed by atoms with Gasteiger partial charge in [-0.25, -0.2) is 24.0 Å². The molecular formula is C36H37FN10O2. The van der Waals surface area contributed by atoms with E-state index in [1.807, 2.05) is 37.5 Å². The highest BCUT2D eigenvalue weighted by atomic mass is 19.1. The fraction of sp³-hybridized carbons (Fsp3) is 0.333. The number of para-hydroxylation sites is 1. The molecule has 2 aromatic carbocycles. The number of nitrogens with two attached hydrogens (primary N) is 1. The maximum atomic E-state index is 15.7. The molecular weight excluding hydrogens is 623 g/mol. The van der Waals surface area contributed by atoms with Crippen molar-refractivity contribution in [1.82, 2.24) is 39.1 Å². The average Bonchev–Trinajstić information content (AvgIpc) is 3.76. The molecule has 1 fully saturated rings. The van der Waals surface area contributed by atoms with Crippen molar-refractivity contribution in [1.29, 1.82) is 5.26 Å². The molecule has 2 unspecified atom stereocenters. The number of aromatic nitrogens is 6. The summed E-state index contributed by atoms with van der Waals surface area (Å²) in [5.41, 5.74) is 7.43. The second kappa shape index (κ2) is 13.5. The second-order valence-corrected chi connectivity index (χ2v) is 12.7. The highest BCUT2D eigenvalue weighted by molar-refractivity contribution is 5.99. The van der Waals surface area contributed by atoms with Crippen molar-refractivity contribution in [3.63, 3.8) is 0 Å². The predicted molar refractivity (Wildman–Crippen MR) is 181 cm³/mol. The standard InChI is InChI=1S/C36H37FN10O2/c1-23(24(2)45-16-15-44-14-12-40-31(44)21-45)17-25(19-38)36(48)46-13-6-7-26(20-46)47-35-32(34(39)41-22-42-35)33(43-47)29-11-10-28(18-30(29)37)49-27-8-4-3-5-9-27/h3-5,8-12,14,17-18,22-24,26H,6-7,13,15-16,20-21H2,1-2H3,(H2,39,41,42)/b25-17+/t23?,24?,26-/m1/s1. The number of rotatable bonds is 8. The van der Waals surface area contributed by atoms with Crippen LogP contribution in [0.4, 0.5) is 10.2 Å². The van der Waals surface area contributed by atoms with Crippen molar-refractivity contribution < 1.29 is 13.9 Å². The second-order valence-electron chi connectivity index (χ2n) is 12.7. The summed E-state index contributed by atoms with van der Waals surface area (Å²) in [4.78, 5) is 30.9. The van der Waals surface area contributed by atoms with Gasteiger partial charge in [-0.2, -0.15) is 10.4 Å². The first kappa shape index (κ1) is 32.0. The van der Waals surface area contributed by atoms with Crippen molar-refractivity contribution in [2.24, 2.45) is 5.92 Å². The quantitative estimate of drug-likeness (QED) is 0.172. The molecule has 13 heteroatoms. The van der Waals surface area contributed by atoms with Crippen LogP contribution in [0.1, 0.15) is 38.6 Å². The summed E-state index contributed by atoms with van der Waals surface area (Å²) in [6.45, 7) is 7.43. The smallest absolute Gasteiger partial charge is 0.264 e. The molecule has 0 saturated carbocycles. The molecule has 0 spiro atoms. The number of likely N-dealkylation sites (tertiary alicyclic amines) is 1. The monoisotopic (exact) mass is 660 g/mol. The zero-order chi connectivity index (χ0) is 34.1. The minimum absolute atomic E-state index is 0.0441. The van der Waals surface area contributed by atoms with Crippen LogP contribution in [0.2, 0.25) is 0 Å². The first-order valence-corrected chi connectivity index (χ1v) is 16.5. The molecule has 2 aliphatic heterocycles. The molecule has 250 valence electrons. The van der Waals surface area contributed by atoms with Crippen LogP contribution in [0.15, 0.2) is 78.9 Å². The molecule has 1 saturated heterocycles. The number of benzene rings is 2. The molecule has 12 nitrogen and oxygen atoms in total. The summed E-state index contributed by atoms with van der Waals surface area (Å²) < 4.78 is 25.4. The summed E-state index contributed by atoms with van der Waals surface area (Å²) in [6, 6.07) is 15.7. The summed E-state index contributed by atoms with van der Waals surface area (Å²) in [5, 5.41) is 15.4. The minimum atomic E-state index is -0.536. The van der Waals surface area contributed by atoms with E-state index in [-0.39, 0.29) is 40.9 Å². The third kappa shape index (κ3) is 6.35. The van der Waals surface area contributed by atoms with Crippen LogP contribution in [0.3, 0.4) is 0 Å².